The molecule has 2 unspecified atom stereocenters. The highest BCUT2D eigenvalue weighted by molar-refractivity contribution is 6.31. The van der Waals surface area contributed by atoms with Crippen molar-refractivity contribution >= 4 is 29.3 Å². The Bertz CT molecular complexity index is 1030. The van der Waals surface area contributed by atoms with E-state index in [0.717, 1.165) is 11.1 Å². The molecule has 1 heterocycles. The predicted octanol–water partition coefficient (Wildman–Crippen LogP) is 2.55. The van der Waals surface area contributed by atoms with Crippen molar-refractivity contribution in [3.8, 4) is 0 Å². The van der Waals surface area contributed by atoms with Gasteiger partial charge >= 0.3 is 0 Å². The smallest absolute Gasteiger partial charge is 0.237 e. The SMILES string of the molecule is CNC(=O)C(Cc1ccccc1Cl)N1CCN(C(=O)CCc2ccc(F)cc2)C(CCC(N)=O)C1. The fraction of sp³-hybridized carbons (Fsp3) is 0.423. The minimum absolute atomic E-state index is 0.0361. The molecule has 3 rings (SSSR count). The molecule has 0 aromatic heterocycles. The number of carbonyl (C=O) groups excluding carboxylic acids is 3. The molecule has 2 aromatic carbocycles. The summed E-state index contributed by atoms with van der Waals surface area (Å²) in [5.74, 6) is -0.911. The molecule has 1 aliphatic rings. The molecule has 2 atom stereocenters. The second kappa shape index (κ2) is 12.7. The number of carbonyl (C=O) groups is 3. The first-order chi connectivity index (χ1) is 16.8. The highest BCUT2D eigenvalue weighted by Gasteiger charge is 2.35. The number of nitrogens with zero attached hydrogens (tertiary/aromatic N) is 2. The van der Waals surface area contributed by atoms with E-state index in [0.29, 0.717) is 43.9 Å². The lowest BCUT2D eigenvalue weighted by atomic mass is 9.99. The fourth-order valence-corrected chi connectivity index (χ4v) is 4.73. The quantitative estimate of drug-likeness (QED) is 0.522. The van der Waals surface area contributed by atoms with Crippen molar-refractivity contribution in [2.45, 2.75) is 44.2 Å². The zero-order valence-electron chi connectivity index (χ0n) is 19.9. The summed E-state index contributed by atoms with van der Waals surface area (Å²) in [5, 5.41) is 3.34. The number of aryl methyl sites for hydroxylation is 1. The van der Waals surface area contributed by atoms with E-state index in [1.54, 1.807) is 30.1 Å². The van der Waals surface area contributed by atoms with Crippen LogP contribution >= 0.6 is 11.6 Å². The third kappa shape index (κ3) is 7.50. The van der Waals surface area contributed by atoms with Gasteiger partial charge in [0.15, 0.2) is 0 Å². The number of amides is 3. The first-order valence-corrected chi connectivity index (χ1v) is 12.2. The van der Waals surface area contributed by atoms with Crippen LogP contribution in [0.2, 0.25) is 5.02 Å². The van der Waals surface area contributed by atoms with Gasteiger partial charge in [0.2, 0.25) is 17.7 Å². The molecule has 7 nitrogen and oxygen atoms in total. The largest absolute Gasteiger partial charge is 0.370 e. The average Bonchev–Trinajstić information content (AvgIpc) is 2.86. The normalized spacial score (nSPS) is 17.1. The number of hydrogen-bond donors (Lipinski definition) is 2. The Morgan fingerprint density at radius 3 is 2.49 bits per heavy atom. The molecule has 35 heavy (non-hydrogen) atoms. The summed E-state index contributed by atoms with van der Waals surface area (Å²) in [7, 11) is 1.60. The molecule has 1 aliphatic heterocycles. The maximum absolute atomic E-state index is 13.2. The van der Waals surface area contributed by atoms with Crippen molar-refractivity contribution in [1.82, 2.24) is 15.1 Å². The van der Waals surface area contributed by atoms with Gasteiger partial charge in [-0.25, -0.2) is 4.39 Å². The molecule has 9 heteroatoms. The first kappa shape index (κ1) is 26.6. The van der Waals surface area contributed by atoms with Gasteiger partial charge in [0.05, 0.1) is 6.04 Å². The van der Waals surface area contributed by atoms with Gasteiger partial charge < -0.3 is 16.0 Å². The standard InChI is InChI=1S/C26H32ClFN4O3/c1-30-26(35)23(16-19-4-2-3-5-22(19)27)31-14-15-32(21(17-31)11-12-24(29)33)25(34)13-8-18-6-9-20(28)10-7-18/h2-7,9-10,21,23H,8,11-17H2,1H3,(H2,29,33)(H,30,35). The van der Waals surface area contributed by atoms with Crippen LogP contribution in [-0.4, -0.2) is 66.3 Å². The van der Waals surface area contributed by atoms with Crippen LogP contribution < -0.4 is 11.1 Å². The molecule has 1 fully saturated rings. The lowest BCUT2D eigenvalue weighted by Gasteiger charge is -2.44. The summed E-state index contributed by atoms with van der Waals surface area (Å²) in [5.41, 5.74) is 7.15. The number of piperazine rings is 1. The van der Waals surface area contributed by atoms with Gasteiger partial charge in [0, 0.05) is 50.6 Å². The van der Waals surface area contributed by atoms with Crippen molar-refractivity contribution in [2.75, 3.05) is 26.7 Å². The molecule has 0 radical (unpaired) electrons. The number of likely N-dealkylation sites (N-methyl/N-ethyl adjacent to an activating group) is 1. The van der Waals surface area contributed by atoms with Crippen molar-refractivity contribution in [2.24, 2.45) is 5.73 Å². The minimum Gasteiger partial charge on any atom is -0.370 e. The molecule has 3 N–H and O–H groups in total. The fourth-order valence-electron chi connectivity index (χ4n) is 4.52. The van der Waals surface area contributed by atoms with Crippen molar-refractivity contribution in [3.05, 3.63) is 70.5 Å². The summed E-state index contributed by atoms with van der Waals surface area (Å²) in [6.45, 7) is 1.39. The maximum atomic E-state index is 13.2. The molecule has 0 spiro atoms. The molecular weight excluding hydrogens is 471 g/mol. The first-order valence-electron chi connectivity index (χ1n) is 11.8. The van der Waals surface area contributed by atoms with E-state index in [-0.39, 0.29) is 36.5 Å². The van der Waals surface area contributed by atoms with E-state index in [1.165, 1.54) is 12.1 Å². The summed E-state index contributed by atoms with van der Waals surface area (Å²) in [6.07, 6.45) is 1.77. The minimum atomic E-state index is -0.465. The van der Waals surface area contributed by atoms with Crippen LogP contribution in [0.4, 0.5) is 4.39 Å². The molecule has 3 amide bonds. The number of primary amides is 1. The number of nitrogens with two attached hydrogens (primary N) is 1. The monoisotopic (exact) mass is 502 g/mol. The Morgan fingerprint density at radius 2 is 1.83 bits per heavy atom. The number of benzene rings is 2. The molecule has 2 aromatic rings. The Kier molecular flexibility index (Phi) is 9.63. The van der Waals surface area contributed by atoms with Gasteiger partial charge in [0.25, 0.3) is 0 Å². The summed E-state index contributed by atoms with van der Waals surface area (Å²) < 4.78 is 13.2. The topological polar surface area (TPSA) is 95.7 Å². The van der Waals surface area contributed by atoms with Crippen LogP contribution in [0.3, 0.4) is 0 Å². The average molecular weight is 503 g/mol. The molecular formula is C26H32ClFN4O3. The Morgan fingerprint density at radius 1 is 1.11 bits per heavy atom. The third-order valence-corrected chi connectivity index (χ3v) is 6.83. The Balaban J connectivity index is 1.72. The van der Waals surface area contributed by atoms with Crippen molar-refractivity contribution in [3.63, 3.8) is 0 Å². The molecule has 0 saturated carbocycles. The highest BCUT2D eigenvalue weighted by Crippen LogP contribution is 2.23. The maximum Gasteiger partial charge on any atom is 0.237 e. The van der Waals surface area contributed by atoms with Crippen LogP contribution in [0.1, 0.15) is 30.4 Å². The Hall–Kier alpha value is -2.97. The number of hydrogen-bond acceptors (Lipinski definition) is 4. The Labute approximate surface area is 210 Å². The molecule has 1 saturated heterocycles. The third-order valence-electron chi connectivity index (χ3n) is 6.46. The van der Waals surface area contributed by atoms with Gasteiger partial charge in [0.1, 0.15) is 5.82 Å². The summed E-state index contributed by atoms with van der Waals surface area (Å²) in [6, 6.07) is 12.8. The zero-order valence-corrected chi connectivity index (χ0v) is 20.6. The summed E-state index contributed by atoms with van der Waals surface area (Å²) in [4.78, 5) is 41.3. The predicted molar refractivity (Wildman–Crippen MR) is 133 cm³/mol. The molecule has 0 bridgehead atoms. The lowest BCUT2D eigenvalue weighted by Crippen LogP contribution is -2.60. The van der Waals surface area contributed by atoms with Gasteiger partial charge in [-0.1, -0.05) is 41.9 Å². The van der Waals surface area contributed by atoms with Gasteiger partial charge in [-0.05, 0) is 48.6 Å². The van der Waals surface area contributed by atoms with Gasteiger partial charge in [-0.15, -0.1) is 0 Å². The lowest BCUT2D eigenvalue weighted by molar-refractivity contribution is -0.138. The van der Waals surface area contributed by atoms with Crippen LogP contribution in [0, 0.1) is 5.82 Å². The van der Waals surface area contributed by atoms with E-state index >= 15 is 0 Å². The molecule has 188 valence electrons. The second-order valence-electron chi connectivity index (χ2n) is 8.79. The van der Waals surface area contributed by atoms with Gasteiger partial charge in [-0.3, -0.25) is 19.3 Å². The van der Waals surface area contributed by atoms with E-state index in [1.807, 2.05) is 18.2 Å². The zero-order chi connectivity index (χ0) is 25.4. The highest BCUT2D eigenvalue weighted by atomic mass is 35.5. The van der Waals surface area contributed by atoms with Crippen LogP contribution in [0.15, 0.2) is 48.5 Å². The second-order valence-corrected chi connectivity index (χ2v) is 9.20. The van der Waals surface area contributed by atoms with E-state index in [9.17, 15) is 18.8 Å². The van der Waals surface area contributed by atoms with Gasteiger partial charge in [-0.2, -0.15) is 0 Å². The van der Waals surface area contributed by atoms with Crippen molar-refractivity contribution in [1.29, 1.82) is 0 Å². The van der Waals surface area contributed by atoms with E-state index < -0.39 is 11.9 Å². The van der Waals surface area contributed by atoms with E-state index in [2.05, 4.69) is 10.2 Å². The number of halogens is 2. The van der Waals surface area contributed by atoms with Crippen LogP contribution in [0.5, 0.6) is 0 Å². The number of nitrogens with one attached hydrogen (secondary N) is 1. The van der Waals surface area contributed by atoms with Crippen molar-refractivity contribution < 1.29 is 18.8 Å². The summed E-state index contributed by atoms with van der Waals surface area (Å²) >= 11 is 6.35. The molecule has 0 aliphatic carbocycles. The van der Waals surface area contributed by atoms with E-state index in [4.69, 9.17) is 17.3 Å². The number of rotatable bonds is 10. The van der Waals surface area contributed by atoms with Crippen LogP contribution in [0.25, 0.3) is 0 Å². The van der Waals surface area contributed by atoms with Crippen LogP contribution in [-0.2, 0) is 27.2 Å².